The van der Waals surface area contributed by atoms with Gasteiger partial charge in [0.2, 0.25) is 0 Å². The zero-order valence-electron chi connectivity index (χ0n) is 11.9. The molecule has 0 aromatic heterocycles. The van der Waals surface area contributed by atoms with Crippen molar-refractivity contribution in [3.63, 3.8) is 0 Å². The maximum atomic E-state index is 12.0. The molecular weight excluding hydrogens is 224 g/mol. The minimum atomic E-state index is 0.0191. The first-order valence-corrected chi connectivity index (χ1v) is 6.60. The number of rotatable bonds is 6. The fourth-order valence-corrected chi connectivity index (χ4v) is 1.80. The molecule has 1 amide bonds. The molecule has 1 N–H and O–H groups in total. The lowest BCUT2D eigenvalue weighted by molar-refractivity contribution is 0.0947. The van der Waals surface area contributed by atoms with Crippen LogP contribution in [0.15, 0.2) is 24.3 Å². The van der Waals surface area contributed by atoms with Gasteiger partial charge in [-0.2, -0.15) is 0 Å². The summed E-state index contributed by atoms with van der Waals surface area (Å²) in [5.74, 6) is 0.0191. The number of hydrogen-bond acceptors (Lipinski definition) is 2. The van der Waals surface area contributed by atoms with E-state index in [0.29, 0.717) is 12.6 Å². The van der Waals surface area contributed by atoms with Crippen molar-refractivity contribution in [1.82, 2.24) is 10.2 Å². The van der Waals surface area contributed by atoms with Crippen LogP contribution in [0.2, 0.25) is 0 Å². The molecule has 0 radical (unpaired) electrons. The summed E-state index contributed by atoms with van der Waals surface area (Å²) in [6, 6.07) is 8.22. The van der Waals surface area contributed by atoms with Crippen LogP contribution in [-0.2, 0) is 0 Å². The maximum Gasteiger partial charge on any atom is 0.251 e. The third-order valence-electron chi connectivity index (χ3n) is 3.48. The smallest absolute Gasteiger partial charge is 0.251 e. The van der Waals surface area contributed by atoms with Gasteiger partial charge in [0.15, 0.2) is 0 Å². The fraction of sp³-hybridized carbons (Fsp3) is 0.533. The maximum absolute atomic E-state index is 12.0. The molecule has 0 saturated carbocycles. The van der Waals surface area contributed by atoms with Crippen LogP contribution in [0.1, 0.15) is 36.2 Å². The Kier molecular flexibility index (Phi) is 5.86. The Balaban J connectivity index is 2.41. The molecule has 1 aromatic rings. The number of carbonyl (C=O) groups excluding carboxylic acids is 1. The zero-order valence-corrected chi connectivity index (χ0v) is 11.9. The van der Waals surface area contributed by atoms with Crippen molar-refractivity contribution in [2.24, 2.45) is 0 Å². The molecular formula is C15H24N2O. The molecule has 1 atom stereocenters. The van der Waals surface area contributed by atoms with E-state index in [4.69, 9.17) is 0 Å². The van der Waals surface area contributed by atoms with E-state index in [1.54, 1.807) is 0 Å². The first-order valence-electron chi connectivity index (χ1n) is 6.60. The van der Waals surface area contributed by atoms with E-state index < -0.39 is 0 Å². The molecule has 3 nitrogen and oxygen atoms in total. The van der Waals surface area contributed by atoms with Gasteiger partial charge in [-0.05, 0) is 38.9 Å². The zero-order chi connectivity index (χ0) is 13.5. The summed E-state index contributed by atoms with van der Waals surface area (Å²) in [5, 5.41) is 2.97. The van der Waals surface area contributed by atoms with Crippen LogP contribution in [-0.4, -0.2) is 37.0 Å². The molecule has 18 heavy (non-hydrogen) atoms. The minimum Gasteiger partial charge on any atom is -0.351 e. The molecule has 0 aliphatic heterocycles. The molecule has 0 aliphatic carbocycles. The van der Waals surface area contributed by atoms with E-state index in [0.717, 1.165) is 24.1 Å². The molecule has 1 aromatic carbocycles. The fourth-order valence-electron chi connectivity index (χ4n) is 1.80. The lowest BCUT2D eigenvalue weighted by Gasteiger charge is -2.23. The molecule has 0 saturated heterocycles. The van der Waals surface area contributed by atoms with Gasteiger partial charge in [0.1, 0.15) is 0 Å². The molecule has 0 fully saturated rings. The summed E-state index contributed by atoms with van der Waals surface area (Å²) in [4.78, 5) is 14.2. The first kappa shape index (κ1) is 14.7. The predicted octanol–water partition coefficient (Wildman–Crippen LogP) is 2.46. The number of carbonyl (C=O) groups is 1. The highest BCUT2D eigenvalue weighted by Gasteiger charge is 2.09. The second-order valence-electron chi connectivity index (χ2n) is 4.81. The van der Waals surface area contributed by atoms with E-state index >= 15 is 0 Å². The number of likely N-dealkylation sites (N-methyl/N-ethyl adjacent to an activating group) is 1. The Labute approximate surface area is 110 Å². The average molecular weight is 248 g/mol. The van der Waals surface area contributed by atoms with Gasteiger partial charge in [-0.1, -0.05) is 25.1 Å². The van der Waals surface area contributed by atoms with Gasteiger partial charge in [0, 0.05) is 24.7 Å². The molecule has 0 aliphatic rings. The Morgan fingerprint density at radius 1 is 1.39 bits per heavy atom. The van der Waals surface area contributed by atoms with Crippen molar-refractivity contribution in [2.75, 3.05) is 20.1 Å². The van der Waals surface area contributed by atoms with Crippen molar-refractivity contribution < 1.29 is 4.79 Å². The topological polar surface area (TPSA) is 32.3 Å². The summed E-state index contributed by atoms with van der Waals surface area (Å²) in [7, 11) is 2.09. The number of aryl methyl sites for hydroxylation is 1. The SMILES string of the molecule is CC[C@H](C)N(C)CCNC(=O)c1ccccc1C. The normalized spacial score (nSPS) is 12.5. The van der Waals surface area contributed by atoms with E-state index in [1.165, 1.54) is 0 Å². The van der Waals surface area contributed by atoms with Crippen LogP contribution < -0.4 is 5.32 Å². The van der Waals surface area contributed by atoms with Crippen molar-refractivity contribution in [1.29, 1.82) is 0 Å². The van der Waals surface area contributed by atoms with E-state index in [1.807, 2.05) is 31.2 Å². The largest absolute Gasteiger partial charge is 0.351 e. The van der Waals surface area contributed by atoms with Gasteiger partial charge in [0.05, 0.1) is 0 Å². The van der Waals surface area contributed by atoms with Gasteiger partial charge in [-0.15, -0.1) is 0 Å². The summed E-state index contributed by atoms with van der Waals surface area (Å²) >= 11 is 0. The molecule has 0 unspecified atom stereocenters. The number of amides is 1. The van der Waals surface area contributed by atoms with Gasteiger partial charge in [-0.25, -0.2) is 0 Å². The third kappa shape index (κ3) is 4.15. The summed E-state index contributed by atoms with van der Waals surface area (Å²) in [5.41, 5.74) is 1.79. The number of benzene rings is 1. The third-order valence-corrected chi connectivity index (χ3v) is 3.48. The van der Waals surface area contributed by atoms with E-state index in [-0.39, 0.29) is 5.91 Å². The predicted molar refractivity (Wildman–Crippen MR) is 75.9 cm³/mol. The Morgan fingerprint density at radius 2 is 2.06 bits per heavy atom. The van der Waals surface area contributed by atoms with E-state index in [2.05, 4.69) is 31.1 Å². The lowest BCUT2D eigenvalue weighted by atomic mass is 10.1. The monoisotopic (exact) mass is 248 g/mol. The van der Waals surface area contributed by atoms with Crippen LogP contribution in [0.25, 0.3) is 0 Å². The van der Waals surface area contributed by atoms with Crippen LogP contribution in [0.4, 0.5) is 0 Å². The number of hydrogen-bond donors (Lipinski definition) is 1. The lowest BCUT2D eigenvalue weighted by Crippen LogP contribution is -2.37. The highest BCUT2D eigenvalue weighted by Crippen LogP contribution is 2.06. The van der Waals surface area contributed by atoms with Crippen LogP contribution >= 0.6 is 0 Å². The van der Waals surface area contributed by atoms with Crippen molar-refractivity contribution in [3.05, 3.63) is 35.4 Å². The highest BCUT2D eigenvalue weighted by atomic mass is 16.1. The summed E-state index contributed by atoms with van der Waals surface area (Å²) in [6.07, 6.45) is 1.13. The Bertz CT molecular complexity index is 390. The first-order chi connectivity index (χ1) is 8.56. The highest BCUT2D eigenvalue weighted by molar-refractivity contribution is 5.95. The van der Waals surface area contributed by atoms with Gasteiger partial charge in [-0.3, -0.25) is 4.79 Å². The van der Waals surface area contributed by atoms with E-state index in [9.17, 15) is 4.79 Å². The average Bonchev–Trinajstić information content (AvgIpc) is 2.37. The minimum absolute atomic E-state index is 0.0191. The Hall–Kier alpha value is -1.35. The molecule has 0 bridgehead atoms. The van der Waals surface area contributed by atoms with Crippen LogP contribution in [0, 0.1) is 6.92 Å². The van der Waals surface area contributed by atoms with Gasteiger partial charge < -0.3 is 10.2 Å². The summed E-state index contributed by atoms with van der Waals surface area (Å²) in [6.45, 7) is 7.90. The van der Waals surface area contributed by atoms with Gasteiger partial charge in [0.25, 0.3) is 5.91 Å². The number of nitrogens with zero attached hydrogens (tertiary/aromatic N) is 1. The number of nitrogens with one attached hydrogen (secondary N) is 1. The van der Waals surface area contributed by atoms with Crippen molar-refractivity contribution in [2.45, 2.75) is 33.2 Å². The van der Waals surface area contributed by atoms with Crippen LogP contribution in [0.5, 0.6) is 0 Å². The van der Waals surface area contributed by atoms with Crippen LogP contribution in [0.3, 0.4) is 0 Å². The quantitative estimate of drug-likeness (QED) is 0.838. The molecule has 100 valence electrons. The van der Waals surface area contributed by atoms with Crippen molar-refractivity contribution in [3.8, 4) is 0 Å². The Morgan fingerprint density at radius 3 is 2.67 bits per heavy atom. The second-order valence-corrected chi connectivity index (χ2v) is 4.81. The standard InChI is InChI=1S/C15H24N2O/c1-5-13(3)17(4)11-10-16-15(18)14-9-7-6-8-12(14)2/h6-9,13H,5,10-11H2,1-4H3,(H,16,18)/t13-/m0/s1. The summed E-state index contributed by atoms with van der Waals surface area (Å²) < 4.78 is 0. The second kappa shape index (κ2) is 7.17. The molecule has 0 spiro atoms. The van der Waals surface area contributed by atoms with Crippen molar-refractivity contribution >= 4 is 5.91 Å². The molecule has 3 heteroatoms. The molecule has 0 heterocycles. The molecule has 1 rings (SSSR count). The van der Waals surface area contributed by atoms with Gasteiger partial charge >= 0.3 is 0 Å².